The van der Waals surface area contributed by atoms with Gasteiger partial charge in [0.05, 0.1) is 6.54 Å². The van der Waals surface area contributed by atoms with Crippen LogP contribution in [-0.2, 0) is 6.54 Å². The van der Waals surface area contributed by atoms with E-state index in [1.54, 1.807) is 17.5 Å². The first kappa shape index (κ1) is 10.3. The maximum Gasteiger partial charge on any atom is 0.134 e. The zero-order valence-electron chi connectivity index (χ0n) is 9.21. The van der Waals surface area contributed by atoms with Crippen LogP contribution in [0.1, 0.15) is 0 Å². The minimum absolute atomic E-state index is 0.823. The summed E-state index contributed by atoms with van der Waals surface area (Å²) < 4.78 is 3.17. The summed E-state index contributed by atoms with van der Waals surface area (Å²) in [5.74, 6) is 0.955. The lowest BCUT2D eigenvalue weighted by Crippen LogP contribution is -2.11. The summed E-state index contributed by atoms with van der Waals surface area (Å²) in [5.41, 5.74) is 0. The summed E-state index contributed by atoms with van der Waals surface area (Å²) in [7, 11) is 0. The largest absolute Gasteiger partial charge is 0.368 e. The number of thiophene rings is 1. The highest BCUT2D eigenvalue weighted by Gasteiger charge is 2.02. The molecule has 5 heteroatoms. The normalized spacial score (nSPS) is 10.8. The minimum Gasteiger partial charge on any atom is -0.368 e. The van der Waals surface area contributed by atoms with Gasteiger partial charge in [-0.15, -0.1) is 11.3 Å². The van der Waals surface area contributed by atoms with E-state index in [1.165, 1.54) is 10.1 Å². The molecule has 0 unspecified atom stereocenters. The highest BCUT2D eigenvalue weighted by molar-refractivity contribution is 7.17. The summed E-state index contributed by atoms with van der Waals surface area (Å²) in [6.45, 7) is 1.67. The molecule has 0 radical (unpaired) electrons. The van der Waals surface area contributed by atoms with Crippen molar-refractivity contribution in [3.63, 3.8) is 0 Å². The number of anilines is 1. The highest BCUT2D eigenvalue weighted by atomic mass is 32.1. The van der Waals surface area contributed by atoms with Gasteiger partial charge < -0.3 is 5.32 Å². The number of rotatable bonds is 4. The summed E-state index contributed by atoms with van der Waals surface area (Å²) >= 11 is 1.74. The molecule has 0 saturated carbocycles. The Labute approximate surface area is 103 Å². The van der Waals surface area contributed by atoms with Crippen LogP contribution >= 0.6 is 11.3 Å². The molecule has 3 aromatic heterocycles. The van der Waals surface area contributed by atoms with Gasteiger partial charge in [0.15, 0.2) is 0 Å². The van der Waals surface area contributed by atoms with Crippen LogP contribution in [-0.4, -0.2) is 21.3 Å². The number of hydrogen-bond donors (Lipinski definition) is 1. The van der Waals surface area contributed by atoms with Crippen molar-refractivity contribution in [3.8, 4) is 0 Å². The van der Waals surface area contributed by atoms with E-state index in [1.807, 2.05) is 29.2 Å². The van der Waals surface area contributed by atoms with Crippen LogP contribution in [0, 0.1) is 0 Å². The fourth-order valence-corrected chi connectivity index (χ4v) is 2.54. The van der Waals surface area contributed by atoms with Crippen molar-refractivity contribution in [1.29, 1.82) is 0 Å². The smallest absolute Gasteiger partial charge is 0.134 e. The van der Waals surface area contributed by atoms with Gasteiger partial charge in [-0.2, -0.15) is 5.10 Å². The minimum atomic E-state index is 0.823. The van der Waals surface area contributed by atoms with Gasteiger partial charge in [0.2, 0.25) is 0 Å². The molecule has 0 aromatic carbocycles. The van der Waals surface area contributed by atoms with E-state index in [0.717, 1.165) is 18.9 Å². The summed E-state index contributed by atoms with van der Waals surface area (Å²) in [6.07, 6.45) is 5.59. The molecule has 0 amide bonds. The van der Waals surface area contributed by atoms with Gasteiger partial charge in [0, 0.05) is 35.2 Å². The molecule has 1 N–H and O–H groups in total. The van der Waals surface area contributed by atoms with Gasteiger partial charge in [-0.05, 0) is 23.6 Å². The zero-order chi connectivity index (χ0) is 11.5. The molecule has 17 heavy (non-hydrogen) atoms. The maximum atomic E-state index is 4.36. The molecule has 0 aliphatic heterocycles. The third-order valence-corrected chi connectivity index (χ3v) is 3.45. The number of aromatic nitrogens is 3. The van der Waals surface area contributed by atoms with Gasteiger partial charge >= 0.3 is 0 Å². The maximum absolute atomic E-state index is 4.36. The van der Waals surface area contributed by atoms with E-state index in [2.05, 4.69) is 26.8 Å². The first-order chi connectivity index (χ1) is 8.43. The molecule has 3 heterocycles. The van der Waals surface area contributed by atoms with Gasteiger partial charge in [-0.25, -0.2) is 4.98 Å². The van der Waals surface area contributed by atoms with E-state index in [0.29, 0.717) is 0 Å². The van der Waals surface area contributed by atoms with E-state index in [9.17, 15) is 0 Å². The van der Waals surface area contributed by atoms with Gasteiger partial charge in [-0.1, -0.05) is 0 Å². The summed E-state index contributed by atoms with van der Waals surface area (Å²) in [6, 6.07) is 6.07. The molecule has 0 aliphatic carbocycles. The fourth-order valence-electron chi connectivity index (χ4n) is 1.76. The van der Waals surface area contributed by atoms with E-state index in [-0.39, 0.29) is 0 Å². The summed E-state index contributed by atoms with van der Waals surface area (Å²) in [4.78, 5) is 4.36. The quantitative estimate of drug-likeness (QED) is 0.767. The number of hydrogen-bond acceptors (Lipinski definition) is 4. The Balaban J connectivity index is 1.70. The standard InChI is InChI=1S/C12H12N4S/c1-4-15-16(7-1)8-6-14-12-10-3-9-17-11(10)2-5-13-12/h1-5,7,9H,6,8H2,(H,13,14). The van der Waals surface area contributed by atoms with Gasteiger partial charge in [0.25, 0.3) is 0 Å². The Kier molecular flexibility index (Phi) is 2.75. The monoisotopic (exact) mass is 244 g/mol. The number of fused-ring (bicyclic) bond motifs is 1. The van der Waals surface area contributed by atoms with Gasteiger partial charge in [-0.3, -0.25) is 4.68 Å². The molecule has 3 rings (SSSR count). The Morgan fingerprint density at radius 3 is 3.18 bits per heavy atom. The predicted octanol–water partition coefficient (Wildman–Crippen LogP) is 2.60. The van der Waals surface area contributed by atoms with Crippen LogP contribution in [0.5, 0.6) is 0 Å². The molecule has 86 valence electrons. The van der Waals surface area contributed by atoms with Crippen molar-refractivity contribution in [1.82, 2.24) is 14.8 Å². The lowest BCUT2D eigenvalue weighted by molar-refractivity contribution is 0.637. The topological polar surface area (TPSA) is 42.7 Å². The van der Waals surface area contributed by atoms with Crippen LogP contribution in [0.15, 0.2) is 42.2 Å². The second-order valence-electron chi connectivity index (χ2n) is 3.69. The highest BCUT2D eigenvalue weighted by Crippen LogP contribution is 2.25. The van der Waals surface area contributed by atoms with Crippen molar-refractivity contribution in [2.75, 3.05) is 11.9 Å². The second kappa shape index (κ2) is 4.55. The average molecular weight is 244 g/mol. The molecule has 0 spiro atoms. The number of pyridine rings is 1. The van der Waals surface area contributed by atoms with Crippen molar-refractivity contribution in [3.05, 3.63) is 42.2 Å². The molecule has 0 bridgehead atoms. The second-order valence-corrected chi connectivity index (χ2v) is 4.64. The first-order valence-corrected chi connectivity index (χ1v) is 6.35. The Morgan fingerprint density at radius 2 is 2.29 bits per heavy atom. The molecule has 4 nitrogen and oxygen atoms in total. The predicted molar refractivity (Wildman–Crippen MR) is 70.3 cm³/mol. The van der Waals surface area contributed by atoms with E-state index in [4.69, 9.17) is 0 Å². The lowest BCUT2D eigenvalue weighted by Gasteiger charge is -2.06. The van der Waals surface area contributed by atoms with Gasteiger partial charge in [0.1, 0.15) is 5.82 Å². The van der Waals surface area contributed by atoms with E-state index >= 15 is 0 Å². The van der Waals surface area contributed by atoms with Crippen LogP contribution in [0.4, 0.5) is 5.82 Å². The van der Waals surface area contributed by atoms with Crippen LogP contribution in [0.25, 0.3) is 10.1 Å². The first-order valence-electron chi connectivity index (χ1n) is 5.47. The van der Waals surface area contributed by atoms with Crippen LogP contribution in [0.3, 0.4) is 0 Å². The molecular formula is C12H12N4S. The molecular weight excluding hydrogens is 232 g/mol. The summed E-state index contributed by atoms with van der Waals surface area (Å²) in [5, 5.41) is 10.8. The van der Waals surface area contributed by atoms with Crippen molar-refractivity contribution >= 4 is 27.2 Å². The third kappa shape index (κ3) is 2.14. The number of nitrogens with zero attached hydrogens (tertiary/aromatic N) is 3. The van der Waals surface area contributed by atoms with Crippen molar-refractivity contribution in [2.45, 2.75) is 6.54 Å². The number of nitrogens with one attached hydrogen (secondary N) is 1. The molecule has 3 aromatic rings. The van der Waals surface area contributed by atoms with Crippen LogP contribution in [0.2, 0.25) is 0 Å². The molecule has 0 fully saturated rings. The lowest BCUT2D eigenvalue weighted by atomic mass is 10.3. The third-order valence-electron chi connectivity index (χ3n) is 2.57. The molecule has 0 atom stereocenters. The molecule has 0 aliphatic rings. The molecule has 0 saturated heterocycles. The van der Waals surface area contributed by atoms with Crippen molar-refractivity contribution in [2.24, 2.45) is 0 Å². The average Bonchev–Trinajstić information content (AvgIpc) is 2.99. The Bertz CT molecular complexity index is 600. The van der Waals surface area contributed by atoms with Crippen LogP contribution < -0.4 is 5.32 Å². The Hall–Kier alpha value is -1.88. The Morgan fingerprint density at radius 1 is 1.29 bits per heavy atom. The SMILES string of the molecule is c1cnn(CCNc2nccc3sccc23)c1. The zero-order valence-corrected chi connectivity index (χ0v) is 10.0. The van der Waals surface area contributed by atoms with E-state index < -0.39 is 0 Å². The fraction of sp³-hybridized carbons (Fsp3) is 0.167. The van der Waals surface area contributed by atoms with Crippen molar-refractivity contribution < 1.29 is 0 Å².